The van der Waals surface area contributed by atoms with Gasteiger partial charge in [0.25, 0.3) is 5.91 Å². The summed E-state index contributed by atoms with van der Waals surface area (Å²) in [4.78, 5) is 28.6. The second kappa shape index (κ2) is 8.51. The van der Waals surface area contributed by atoms with Gasteiger partial charge < -0.3 is 10.2 Å². The molecule has 6 rings (SSSR count). The van der Waals surface area contributed by atoms with Crippen molar-refractivity contribution >= 4 is 55.8 Å². The molecule has 0 radical (unpaired) electrons. The predicted octanol–water partition coefficient (Wildman–Crippen LogP) is 7.05. The quantitative estimate of drug-likeness (QED) is 0.293. The summed E-state index contributed by atoms with van der Waals surface area (Å²) in [5.41, 5.74) is 3.71. The standard InChI is InChI=1S/C29H22BrClN2O2/c30-21-7-10-26-25(16-21)29(28(35)32-26)11-13-33(14-12-29)27(34)23-9-8-22(31)17-24(23)20-6-5-18-3-1-2-4-19(18)15-20/h1-10,15-17H,11-14H2,(H,32,35). The lowest BCUT2D eigenvalue weighted by molar-refractivity contribution is -0.122. The van der Waals surface area contributed by atoms with E-state index < -0.39 is 5.41 Å². The summed E-state index contributed by atoms with van der Waals surface area (Å²) in [6.07, 6.45) is 1.18. The lowest BCUT2D eigenvalue weighted by atomic mass is 9.73. The van der Waals surface area contributed by atoms with Crippen LogP contribution in [-0.2, 0) is 10.2 Å². The minimum atomic E-state index is -0.586. The van der Waals surface area contributed by atoms with Gasteiger partial charge in [0.15, 0.2) is 0 Å². The summed E-state index contributed by atoms with van der Waals surface area (Å²) in [6, 6.07) is 25.7. The number of likely N-dealkylation sites (tertiary alicyclic amines) is 1. The molecular weight excluding hydrogens is 524 g/mol. The van der Waals surface area contributed by atoms with E-state index in [1.54, 1.807) is 6.07 Å². The Bertz CT molecular complexity index is 1510. The van der Waals surface area contributed by atoms with Gasteiger partial charge in [-0.3, -0.25) is 9.59 Å². The van der Waals surface area contributed by atoms with Crippen molar-refractivity contribution in [2.24, 2.45) is 0 Å². The van der Waals surface area contributed by atoms with E-state index in [0.29, 0.717) is 36.5 Å². The van der Waals surface area contributed by atoms with Gasteiger partial charge >= 0.3 is 0 Å². The van der Waals surface area contributed by atoms with Gasteiger partial charge in [0.1, 0.15) is 0 Å². The van der Waals surface area contributed by atoms with Crippen LogP contribution in [-0.4, -0.2) is 29.8 Å². The first-order valence-electron chi connectivity index (χ1n) is 11.6. The summed E-state index contributed by atoms with van der Waals surface area (Å²) in [5, 5.41) is 5.88. The zero-order valence-corrected chi connectivity index (χ0v) is 21.2. The Balaban J connectivity index is 1.31. The highest BCUT2D eigenvalue weighted by Crippen LogP contribution is 2.46. The number of amides is 2. The largest absolute Gasteiger partial charge is 0.339 e. The van der Waals surface area contributed by atoms with E-state index in [0.717, 1.165) is 37.6 Å². The fourth-order valence-corrected chi connectivity index (χ4v) is 5.98. The van der Waals surface area contributed by atoms with E-state index in [-0.39, 0.29) is 11.8 Å². The van der Waals surface area contributed by atoms with Gasteiger partial charge in [-0.2, -0.15) is 0 Å². The molecule has 0 bridgehead atoms. The first-order valence-corrected chi connectivity index (χ1v) is 12.8. The third-order valence-electron chi connectivity index (χ3n) is 7.36. The maximum absolute atomic E-state index is 13.7. The number of nitrogens with zero attached hydrogens (tertiary/aromatic N) is 1. The fraction of sp³-hybridized carbons (Fsp3) is 0.172. The Kier molecular flexibility index (Phi) is 5.42. The first kappa shape index (κ1) is 22.3. The topological polar surface area (TPSA) is 49.4 Å². The average Bonchev–Trinajstić information content (AvgIpc) is 3.14. The lowest BCUT2D eigenvalue weighted by Gasteiger charge is -2.38. The van der Waals surface area contributed by atoms with Crippen molar-refractivity contribution in [3.63, 3.8) is 0 Å². The minimum Gasteiger partial charge on any atom is -0.339 e. The van der Waals surface area contributed by atoms with Crippen LogP contribution in [0.3, 0.4) is 0 Å². The molecular formula is C29H22BrClN2O2. The van der Waals surface area contributed by atoms with E-state index >= 15 is 0 Å². The predicted molar refractivity (Wildman–Crippen MR) is 144 cm³/mol. The summed E-state index contributed by atoms with van der Waals surface area (Å²) in [7, 11) is 0. The second-order valence-corrected chi connectivity index (χ2v) is 10.6. The number of fused-ring (bicyclic) bond motifs is 3. The van der Waals surface area contributed by atoms with Crippen molar-refractivity contribution in [1.82, 2.24) is 4.90 Å². The molecule has 0 aliphatic carbocycles. The van der Waals surface area contributed by atoms with E-state index in [1.807, 2.05) is 53.4 Å². The number of rotatable bonds is 2. The van der Waals surface area contributed by atoms with Gasteiger partial charge in [-0.25, -0.2) is 0 Å². The molecule has 2 heterocycles. The van der Waals surface area contributed by atoms with Gasteiger partial charge in [0.05, 0.1) is 5.41 Å². The molecule has 1 saturated heterocycles. The number of anilines is 1. The SMILES string of the molecule is O=C(c1ccc(Cl)cc1-c1ccc2ccccc2c1)N1CCC2(CC1)C(=O)Nc1ccc(Br)cc12. The molecule has 4 aromatic carbocycles. The molecule has 35 heavy (non-hydrogen) atoms. The Morgan fingerprint density at radius 2 is 1.69 bits per heavy atom. The van der Waals surface area contributed by atoms with Crippen LogP contribution in [0.1, 0.15) is 28.8 Å². The number of carbonyl (C=O) groups is 2. The van der Waals surface area contributed by atoms with Gasteiger partial charge in [-0.15, -0.1) is 0 Å². The molecule has 4 nitrogen and oxygen atoms in total. The fourth-order valence-electron chi connectivity index (χ4n) is 5.44. The van der Waals surface area contributed by atoms with Gasteiger partial charge in [-0.05, 0) is 82.8 Å². The monoisotopic (exact) mass is 544 g/mol. The normalized spacial score (nSPS) is 16.4. The van der Waals surface area contributed by atoms with Gasteiger partial charge in [0, 0.05) is 33.8 Å². The van der Waals surface area contributed by atoms with Crippen LogP contribution in [0.25, 0.3) is 21.9 Å². The number of benzene rings is 4. The third kappa shape index (κ3) is 3.74. The number of hydrogen-bond donors (Lipinski definition) is 1. The van der Waals surface area contributed by atoms with Crippen LogP contribution in [0.15, 0.2) is 83.3 Å². The smallest absolute Gasteiger partial charge is 0.254 e. The summed E-state index contributed by atoms with van der Waals surface area (Å²) < 4.78 is 0.951. The van der Waals surface area contributed by atoms with E-state index in [9.17, 15) is 9.59 Å². The van der Waals surface area contributed by atoms with E-state index in [2.05, 4.69) is 45.5 Å². The molecule has 4 aromatic rings. The summed E-state index contributed by atoms with van der Waals surface area (Å²) >= 11 is 9.90. The van der Waals surface area contributed by atoms with Crippen molar-refractivity contribution in [1.29, 1.82) is 0 Å². The number of piperidine rings is 1. The Morgan fingerprint density at radius 1 is 0.914 bits per heavy atom. The maximum Gasteiger partial charge on any atom is 0.254 e. The van der Waals surface area contributed by atoms with Crippen molar-refractivity contribution in [2.45, 2.75) is 18.3 Å². The molecule has 2 aliphatic heterocycles. The molecule has 6 heteroatoms. The Morgan fingerprint density at radius 3 is 2.49 bits per heavy atom. The molecule has 174 valence electrons. The number of halogens is 2. The first-order chi connectivity index (χ1) is 16.9. The highest BCUT2D eigenvalue weighted by Gasteiger charge is 2.49. The highest BCUT2D eigenvalue weighted by atomic mass is 79.9. The lowest BCUT2D eigenvalue weighted by Crippen LogP contribution is -2.48. The summed E-state index contributed by atoms with van der Waals surface area (Å²) in [6.45, 7) is 1.02. The number of hydrogen-bond acceptors (Lipinski definition) is 2. The van der Waals surface area contributed by atoms with Gasteiger partial charge in [-0.1, -0.05) is 63.9 Å². The molecule has 0 saturated carbocycles. The molecule has 0 atom stereocenters. The molecule has 1 fully saturated rings. The average molecular weight is 546 g/mol. The van der Waals surface area contributed by atoms with E-state index in [1.165, 1.54) is 0 Å². The third-order valence-corrected chi connectivity index (χ3v) is 8.09. The van der Waals surface area contributed by atoms with Crippen LogP contribution in [0, 0.1) is 0 Å². The van der Waals surface area contributed by atoms with Crippen molar-refractivity contribution in [3.8, 4) is 11.1 Å². The zero-order valence-electron chi connectivity index (χ0n) is 18.9. The Hall–Kier alpha value is -3.15. The molecule has 1 N–H and O–H groups in total. The molecule has 0 unspecified atom stereocenters. The zero-order chi connectivity index (χ0) is 24.2. The van der Waals surface area contributed by atoms with Crippen LogP contribution >= 0.6 is 27.5 Å². The van der Waals surface area contributed by atoms with Crippen molar-refractivity contribution in [2.75, 3.05) is 18.4 Å². The van der Waals surface area contributed by atoms with Crippen LogP contribution in [0.2, 0.25) is 5.02 Å². The van der Waals surface area contributed by atoms with Crippen molar-refractivity contribution in [3.05, 3.63) is 99.5 Å². The van der Waals surface area contributed by atoms with Crippen LogP contribution in [0.5, 0.6) is 0 Å². The van der Waals surface area contributed by atoms with Crippen molar-refractivity contribution < 1.29 is 9.59 Å². The molecule has 0 aromatic heterocycles. The van der Waals surface area contributed by atoms with Gasteiger partial charge in [0.2, 0.25) is 5.91 Å². The maximum atomic E-state index is 13.7. The molecule has 2 aliphatic rings. The Labute approximate surface area is 217 Å². The molecule has 2 amide bonds. The highest BCUT2D eigenvalue weighted by molar-refractivity contribution is 9.10. The molecule has 1 spiro atoms. The number of nitrogens with one attached hydrogen (secondary N) is 1. The second-order valence-electron chi connectivity index (χ2n) is 9.27. The van der Waals surface area contributed by atoms with Crippen LogP contribution in [0.4, 0.5) is 5.69 Å². The minimum absolute atomic E-state index is 0.0287. The van der Waals surface area contributed by atoms with Crippen LogP contribution < -0.4 is 5.32 Å². The summed E-state index contributed by atoms with van der Waals surface area (Å²) in [5.74, 6) is -0.00593. The van der Waals surface area contributed by atoms with E-state index in [4.69, 9.17) is 11.6 Å². The number of carbonyl (C=O) groups excluding carboxylic acids is 2.